The largest absolute Gasteiger partial charge is 0.490 e. The number of ketones is 1. The lowest BCUT2D eigenvalue weighted by Gasteiger charge is -2.36. The number of furan rings is 1. The number of rotatable bonds is 6. The highest BCUT2D eigenvalue weighted by Gasteiger charge is 2.31. The third-order valence-corrected chi connectivity index (χ3v) is 4.28. The smallest absolute Gasteiger partial charge is 0.200 e. The average Bonchev–Trinajstić information content (AvgIpc) is 2.86. The number of ether oxygens (including phenoxy) is 1. The van der Waals surface area contributed by atoms with Gasteiger partial charge in [-0.05, 0) is 38.0 Å². The van der Waals surface area contributed by atoms with Crippen LogP contribution >= 0.6 is 12.6 Å². The highest BCUT2D eigenvalue weighted by atomic mass is 32.1. The summed E-state index contributed by atoms with van der Waals surface area (Å²) in [6, 6.07) is 8.03. The van der Waals surface area contributed by atoms with Gasteiger partial charge in [-0.15, -0.1) is 0 Å². The Bertz CT molecular complexity index is 701. The molecule has 0 radical (unpaired) electrons. The van der Waals surface area contributed by atoms with Crippen molar-refractivity contribution in [1.82, 2.24) is 5.32 Å². The standard InChI is InChI=1S/C18H23NO3S/c1-10(2)18(20)17-6-12-4-5-14(9-16(12)22-17)21-15-7-13(8-15)19-11(3)23/h4-6,9-11,13,15,19,23H,7-8H2,1-3H3/t11?,13-,15+. The summed E-state index contributed by atoms with van der Waals surface area (Å²) in [6.45, 7) is 5.77. The van der Waals surface area contributed by atoms with Gasteiger partial charge in [0.1, 0.15) is 17.4 Å². The topological polar surface area (TPSA) is 51.5 Å². The molecule has 4 nitrogen and oxygen atoms in total. The number of hydrogen-bond acceptors (Lipinski definition) is 5. The van der Waals surface area contributed by atoms with Crippen molar-refractivity contribution in [3.05, 3.63) is 30.0 Å². The van der Waals surface area contributed by atoms with Gasteiger partial charge in [-0.1, -0.05) is 13.8 Å². The van der Waals surface area contributed by atoms with Crippen molar-refractivity contribution < 1.29 is 13.9 Å². The predicted octanol–water partition coefficient (Wildman–Crippen LogP) is 4.05. The summed E-state index contributed by atoms with van der Waals surface area (Å²) >= 11 is 4.34. The minimum Gasteiger partial charge on any atom is -0.490 e. The second kappa shape index (κ2) is 6.57. The Hall–Kier alpha value is -1.46. The summed E-state index contributed by atoms with van der Waals surface area (Å²) in [6.07, 6.45) is 2.19. The van der Waals surface area contributed by atoms with E-state index in [9.17, 15) is 4.79 Å². The molecule has 1 fully saturated rings. The predicted molar refractivity (Wildman–Crippen MR) is 94.4 cm³/mol. The second-order valence-electron chi connectivity index (χ2n) is 6.58. The van der Waals surface area contributed by atoms with Crippen LogP contribution in [0, 0.1) is 5.92 Å². The van der Waals surface area contributed by atoms with Gasteiger partial charge in [-0.25, -0.2) is 0 Å². The molecular formula is C18H23NO3S. The minimum atomic E-state index is -0.0695. The zero-order valence-electron chi connectivity index (χ0n) is 13.7. The summed E-state index contributed by atoms with van der Waals surface area (Å²) < 4.78 is 11.7. The Kier molecular flexibility index (Phi) is 4.69. The van der Waals surface area contributed by atoms with Gasteiger partial charge in [0.05, 0.1) is 0 Å². The van der Waals surface area contributed by atoms with Crippen LogP contribution in [-0.2, 0) is 0 Å². The highest BCUT2D eigenvalue weighted by molar-refractivity contribution is 7.80. The highest BCUT2D eigenvalue weighted by Crippen LogP contribution is 2.30. The van der Waals surface area contributed by atoms with Crippen LogP contribution in [0.1, 0.15) is 44.2 Å². The molecule has 0 spiro atoms. The number of carbonyl (C=O) groups is 1. The quantitative estimate of drug-likeness (QED) is 0.476. The van der Waals surface area contributed by atoms with Crippen LogP contribution in [0.2, 0.25) is 0 Å². The molecule has 1 aliphatic rings. The van der Waals surface area contributed by atoms with Crippen LogP contribution < -0.4 is 10.1 Å². The second-order valence-corrected chi connectivity index (χ2v) is 7.35. The molecule has 2 aromatic rings. The van der Waals surface area contributed by atoms with Gasteiger partial charge in [0.2, 0.25) is 5.78 Å². The van der Waals surface area contributed by atoms with Crippen molar-refractivity contribution in [3.8, 4) is 5.75 Å². The number of carbonyl (C=O) groups excluding carboxylic acids is 1. The lowest BCUT2D eigenvalue weighted by molar-refractivity contribution is 0.0846. The molecule has 1 saturated carbocycles. The molecule has 1 unspecified atom stereocenters. The zero-order chi connectivity index (χ0) is 16.6. The molecule has 1 aromatic heterocycles. The third kappa shape index (κ3) is 3.72. The van der Waals surface area contributed by atoms with Gasteiger partial charge >= 0.3 is 0 Å². The van der Waals surface area contributed by atoms with E-state index in [1.165, 1.54) is 0 Å². The Balaban J connectivity index is 1.66. The summed E-state index contributed by atoms with van der Waals surface area (Å²) in [7, 11) is 0. The first-order chi connectivity index (χ1) is 10.9. The molecule has 1 N–H and O–H groups in total. The van der Waals surface area contributed by atoms with Gasteiger partial charge in [0, 0.05) is 28.8 Å². The van der Waals surface area contributed by atoms with Crippen molar-refractivity contribution in [2.45, 2.75) is 51.1 Å². The molecule has 1 atom stereocenters. The number of benzene rings is 1. The number of thiol groups is 1. The molecule has 1 heterocycles. The van der Waals surface area contributed by atoms with Crippen LogP contribution in [0.15, 0.2) is 28.7 Å². The van der Waals surface area contributed by atoms with Crippen molar-refractivity contribution >= 4 is 29.4 Å². The van der Waals surface area contributed by atoms with Crippen molar-refractivity contribution in [3.63, 3.8) is 0 Å². The van der Waals surface area contributed by atoms with Gasteiger partial charge in [-0.2, -0.15) is 12.6 Å². The monoisotopic (exact) mass is 333 g/mol. The number of fused-ring (bicyclic) bond motifs is 1. The van der Waals surface area contributed by atoms with E-state index in [1.54, 1.807) is 6.07 Å². The minimum absolute atomic E-state index is 0.0254. The maximum absolute atomic E-state index is 12.0. The number of hydrogen-bond donors (Lipinski definition) is 2. The van der Waals surface area contributed by atoms with Gasteiger partial charge in [0.25, 0.3) is 0 Å². The number of nitrogens with one attached hydrogen (secondary N) is 1. The summed E-state index contributed by atoms with van der Waals surface area (Å²) in [4.78, 5) is 12.0. The molecule has 3 rings (SSSR count). The Morgan fingerprint density at radius 2 is 2.04 bits per heavy atom. The van der Waals surface area contributed by atoms with E-state index in [1.807, 2.05) is 39.0 Å². The van der Waals surface area contributed by atoms with Crippen LogP contribution in [0.25, 0.3) is 11.0 Å². The van der Waals surface area contributed by atoms with E-state index >= 15 is 0 Å². The average molecular weight is 333 g/mol. The normalized spacial score (nSPS) is 22.1. The molecule has 0 saturated heterocycles. The molecule has 5 heteroatoms. The molecule has 124 valence electrons. The molecular weight excluding hydrogens is 310 g/mol. The van der Waals surface area contributed by atoms with Crippen molar-refractivity contribution in [1.29, 1.82) is 0 Å². The summed E-state index contributed by atoms with van der Waals surface area (Å²) in [5, 5.41) is 4.51. The van der Waals surface area contributed by atoms with Gasteiger partial charge < -0.3 is 14.5 Å². The first kappa shape index (κ1) is 16.4. The van der Waals surface area contributed by atoms with E-state index in [-0.39, 0.29) is 23.2 Å². The molecule has 1 aliphatic carbocycles. The van der Waals surface area contributed by atoms with Gasteiger partial charge in [-0.3, -0.25) is 4.79 Å². The summed E-state index contributed by atoms with van der Waals surface area (Å²) in [5.74, 6) is 1.16. The Labute approximate surface area is 142 Å². The molecule has 1 aromatic carbocycles. The molecule has 0 amide bonds. The number of Topliss-reactive ketones (excluding diaryl/α,β-unsaturated/α-hetero) is 1. The Morgan fingerprint density at radius 1 is 1.30 bits per heavy atom. The zero-order valence-corrected chi connectivity index (χ0v) is 14.6. The van der Waals surface area contributed by atoms with Crippen LogP contribution in [0.5, 0.6) is 5.75 Å². The lowest BCUT2D eigenvalue weighted by Crippen LogP contribution is -2.48. The first-order valence-corrected chi connectivity index (χ1v) is 8.62. The van der Waals surface area contributed by atoms with Crippen LogP contribution in [-0.4, -0.2) is 23.3 Å². The third-order valence-electron chi connectivity index (χ3n) is 4.13. The van der Waals surface area contributed by atoms with E-state index in [0.29, 0.717) is 17.4 Å². The fourth-order valence-electron chi connectivity index (χ4n) is 2.82. The van der Waals surface area contributed by atoms with E-state index in [4.69, 9.17) is 9.15 Å². The molecule has 0 aliphatic heterocycles. The maximum Gasteiger partial charge on any atom is 0.200 e. The SMILES string of the molecule is CC(S)N[C@H]1C[C@@H](Oc2ccc3cc(C(=O)C(C)C)oc3c2)C1. The Morgan fingerprint density at radius 3 is 2.70 bits per heavy atom. The van der Waals surface area contributed by atoms with Crippen molar-refractivity contribution in [2.75, 3.05) is 0 Å². The first-order valence-electron chi connectivity index (χ1n) is 8.11. The van der Waals surface area contributed by atoms with Crippen molar-refractivity contribution in [2.24, 2.45) is 5.92 Å². The van der Waals surface area contributed by atoms with Gasteiger partial charge in [0.15, 0.2) is 5.76 Å². The molecule has 0 bridgehead atoms. The van der Waals surface area contributed by atoms with Crippen LogP contribution in [0.3, 0.4) is 0 Å². The fourth-order valence-corrected chi connectivity index (χ4v) is 3.03. The summed E-state index contributed by atoms with van der Waals surface area (Å²) in [5.41, 5.74) is 0.699. The molecule has 23 heavy (non-hydrogen) atoms. The fraction of sp³-hybridized carbons (Fsp3) is 0.500. The van der Waals surface area contributed by atoms with E-state index in [0.717, 1.165) is 24.0 Å². The van der Waals surface area contributed by atoms with E-state index in [2.05, 4.69) is 17.9 Å². The maximum atomic E-state index is 12.0. The van der Waals surface area contributed by atoms with Crippen LogP contribution in [0.4, 0.5) is 0 Å². The van der Waals surface area contributed by atoms with E-state index < -0.39 is 0 Å². The lowest BCUT2D eigenvalue weighted by atomic mass is 9.89.